The lowest BCUT2D eigenvalue weighted by molar-refractivity contribution is -0.115. The van der Waals surface area contributed by atoms with Crippen LogP contribution in [0.1, 0.15) is 37.7 Å². The number of hydrogen-bond acceptors (Lipinski definition) is 1. The average Bonchev–Trinajstić information content (AvgIpc) is 3.04. The number of anilines is 1. The number of carbonyl (C=O) groups is 1. The first-order valence-corrected chi connectivity index (χ1v) is 6.09. The van der Waals surface area contributed by atoms with Gasteiger partial charge in [-0.1, -0.05) is 22.9 Å². The predicted molar refractivity (Wildman–Crippen MR) is 65.0 cm³/mol. The molecule has 1 N–H and O–H groups in total. The van der Waals surface area contributed by atoms with Gasteiger partial charge in [0.15, 0.2) is 0 Å². The molecule has 1 saturated carbocycles. The molecule has 0 radical (unpaired) electrons. The van der Waals surface area contributed by atoms with Crippen LogP contribution < -0.4 is 5.32 Å². The van der Waals surface area contributed by atoms with Crippen LogP contribution >= 0.6 is 15.9 Å². The van der Waals surface area contributed by atoms with Crippen molar-refractivity contribution in [2.24, 2.45) is 0 Å². The minimum atomic E-state index is 0.0686. The second-order valence-corrected chi connectivity index (χ2v) is 4.77. The van der Waals surface area contributed by atoms with Gasteiger partial charge in [0, 0.05) is 16.6 Å². The average molecular weight is 268 g/mol. The molecule has 1 fully saturated rings. The molecule has 0 spiro atoms. The minimum absolute atomic E-state index is 0.0686. The molecule has 1 aromatic carbocycles. The van der Waals surface area contributed by atoms with E-state index < -0.39 is 0 Å². The summed E-state index contributed by atoms with van der Waals surface area (Å²) in [5.41, 5.74) is 2.23. The molecule has 0 saturated heterocycles. The Morgan fingerprint density at radius 3 is 2.87 bits per heavy atom. The lowest BCUT2D eigenvalue weighted by Crippen LogP contribution is -2.09. The van der Waals surface area contributed by atoms with E-state index >= 15 is 0 Å². The third-order valence-corrected chi connectivity index (χ3v) is 3.34. The van der Waals surface area contributed by atoms with Gasteiger partial charge in [-0.25, -0.2) is 0 Å². The summed E-state index contributed by atoms with van der Waals surface area (Å²) >= 11 is 3.54. The van der Waals surface area contributed by atoms with E-state index in [4.69, 9.17) is 0 Å². The smallest absolute Gasteiger partial charge is 0.224 e. The Balaban J connectivity index is 2.18. The lowest BCUT2D eigenvalue weighted by Gasteiger charge is -2.07. The molecule has 0 atom stereocenters. The van der Waals surface area contributed by atoms with Crippen LogP contribution in [0.5, 0.6) is 0 Å². The summed E-state index contributed by atoms with van der Waals surface area (Å²) in [5, 5.41) is 2.88. The monoisotopic (exact) mass is 267 g/mol. The fourth-order valence-corrected chi connectivity index (χ4v) is 2.15. The molecule has 0 heterocycles. The van der Waals surface area contributed by atoms with Crippen LogP contribution in [-0.2, 0) is 4.79 Å². The highest BCUT2D eigenvalue weighted by atomic mass is 79.9. The molecular formula is C12H14BrNO. The normalized spacial score (nSPS) is 15.1. The summed E-state index contributed by atoms with van der Waals surface area (Å²) in [4.78, 5) is 11.2. The Kier molecular flexibility index (Phi) is 3.10. The van der Waals surface area contributed by atoms with E-state index in [9.17, 15) is 4.79 Å². The van der Waals surface area contributed by atoms with Crippen LogP contribution in [0.25, 0.3) is 0 Å². The first kappa shape index (κ1) is 10.7. The summed E-state index contributed by atoms with van der Waals surface area (Å²) in [6.07, 6.45) is 3.06. The molecular weight excluding hydrogens is 254 g/mol. The van der Waals surface area contributed by atoms with Crippen LogP contribution in [-0.4, -0.2) is 5.91 Å². The highest BCUT2D eigenvalue weighted by Crippen LogP contribution is 2.44. The molecule has 1 aliphatic rings. The number of hydrogen-bond donors (Lipinski definition) is 1. The van der Waals surface area contributed by atoms with Crippen LogP contribution in [0, 0.1) is 0 Å². The second-order valence-electron chi connectivity index (χ2n) is 3.91. The molecule has 0 aliphatic heterocycles. The summed E-state index contributed by atoms with van der Waals surface area (Å²) in [6.45, 7) is 1.86. The summed E-state index contributed by atoms with van der Waals surface area (Å²) in [5.74, 6) is 0.761. The minimum Gasteiger partial charge on any atom is -0.326 e. The van der Waals surface area contributed by atoms with E-state index in [0.29, 0.717) is 12.3 Å². The number of rotatable bonds is 3. The van der Waals surface area contributed by atoms with Crippen LogP contribution in [0.15, 0.2) is 22.7 Å². The Labute approximate surface area is 98.2 Å². The van der Waals surface area contributed by atoms with Crippen molar-refractivity contribution in [1.82, 2.24) is 0 Å². The fraction of sp³-hybridized carbons (Fsp3) is 0.417. The van der Waals surface area contributed by atoms with Crippen LogP contribution in [0.4, 0.5) is 5.69 Å². The zero-order valence-corrected chi connectivity index (χ0v) is 10.3. The standard InChI is InChI=1S/C12H14BrNO/c1-2-12(15)14-9-5-6-11(13)10(7-9)8-3-4-8/h5-8H,2-4H2,1H3,(H,14,15). The molecule has 3 heteroatoms. The van der Waals surface area contributed by atoms with Crippen molar-refractivity contribution in [3.8, 4) is 0 Å². The van der Waals surface area contributed by atoms with Gasteiger partial charge in [0.05, 0.1) is 0 Å². The van der Waals surface area contributed by atoms with Gasteiger partial charge in [0.1, 0.15) is 0 Å². The van der Waals surface area contributed by atoms with Crippen molar-refractivity contribution >= 4 is 27.5 Å². The maximum Gasteiger partial charge on any atom is 0.224 e. The number of carbonyl (C=O) groups excluding carboxylic acids is 1. The van der Waals surface area contributed by atoms with Gasteiger partial charge < -0.3 is 5.32 Å². The van der Waals surface area contributed by atoms with E-state index in [2.05, 4.69) is 27.3 Å². The predicted octanol–water partition coefficient (Wildman–Crippen LogP) is 3.68. The molecule has 0 bridgehead atoms. The van der Waals surface area contributed by atoms with Gasteiger partial charge in [0.2, 0.25) is 5.91 Å². The zero-order valence-electron chi connectivity index (χ0n) is 8.72. The van der Waals surface area contributed by atoms with E-state index in [1.807, 2.05) is 19.1 Å². The van der Waals surface area contributed by atoms with Crippen molar-refractivity contribution < 1.29 is 4.79 Å². The van der Waals surface area contributed by atoms with Crippen molar-refractivity contribution in [3.63, 3.8) is 0 Å². The molecule has 2 nitrogen and oxygen atoms in total. The molecule has 2 rings (SSSR count). The maximum absolute atomic E-state index is 11.2. The Morgan fingerprint density at radius 2 is 2.27 bits per heavy atom. The molecule has 1 aliphatic carbocycles. The SMILES string of the molecule is CCC(=O)Nc1ccc(Br)c(C2CC2)c1. The van der Waals surface area contributed by atoms with Gasteiger partial charge in [-0.3, -0.25) is 4.79 Å². The van der Waals surface area contributed by atoms with Gasteiger partial charge in [0.25, 0.3) is 0 Å². The first-order valence-electron chi connectivity index (χ1n) is 5.30. The number of benzene rings is 1. The van der Waals surface area contributed by atoms with E-state index in [0.717, 1.165) is 10.2 Å². The fourth-order valence-electron chi connectivity index (χ4n) is 1.58. The number of amides is 1. The molecule has 0 unspecified atom stereocenters. The summed E-state index contributed by atoms with van der Waals surface area (Å²) in [7, 11) is 0. The molecule has 1 aromatic rings. The van der Waals surface area contributed by atoms with E-state index in [1.54, 1.807) is 0 Å². The number of halogens is 1. The van der Waals surface area contributed by atoms with Gasteiger partial charge >= 0.3 is 0 Å². The van der Waals surface area contributed by atoms with Crippen molar-refractivity contribution in [3.05, 3.63) is 28.2 Å². The van der Waals surface area contributed by atoms with Gasteiger partial charge in [-0.05, 0) is 42.5 Å². The first-order chi connectivity index (χ1) is 7.20. The Morgan fingerprint density at radius 1 is 1.53 bits per heavy atom. The molecule has 80 valence electrons. The second kappa shape index (κ2) is 4.35. The maximum atomic E-state index is 11.2. The zero-order chi connectivity index (χ0) is 10.8. The van der Waals surface area contributed by atoms with Gasteiger partial charge in [-0.15, -0.1) is 0 Å². The molecule has 15 heavy (non-hydrogen) atoms. The van der Waals surface area contributed by atoms with Crippen LogP contribution in [0.3, 0.4) is 0 Å². The van der Waals surface area contributed by atoms with Crippen LogP contribution in [0.2, 0.25) is 0 Å². The lowest BCUT2D eigenvalue weighted by atomic mass is 10.1. The van der Waals surface area contributed by atoms with E-state index in [-0.39, 0.29) is 5.91 Å². The third-order valence-electron chi connectivity index (χ3n) is 2.62. The largest absolute Gasteiger partial charge is 0.326 e. The molecule has 1 amide bonds. The third kappa shape index (κ3) is 2.59. The topological polar surface area (TPSA) is 29.1 Å². The van der Waals surface area contributed by atoms with Crippen molar-refractivity contribution in [2.75, 3.05) is 5.32 Å². The highest BCUT2D eigenvalue weighted by molar-refractivity contribution is 9.10. The Bertz CT molecular complexity index is 385. The van der Waals surface area contributed by atoms with Gasteiger partial charge in [-0.2, -0.15) is 0 Å². The number of nitrogens with one attached hydrogen (secondary N) is 1. The molecule has 0 aromatic heterocycles. The quantitative estimate of drug-likeness (QED) is 0.890. The Hall–Kier alpha value is -0.830. The van der Waals surface area contributed by atoms with E-state index in [1.165, 1.54) is 18.4 Å². The summed E-state index contributed by atoms with van der Waals surface area (Å²) < 4.78 is 1.15. The summed E-state index contributed by atoms with van der Waals surface area (Å²) in [6, 6.07) is 6.03. The van der Waals surface area contributed by atoms with Crippen molar-refractivity contribution in [2.45, 2.75) is 32.1 Å². The van der Waals surface area contributed by atoms with Crippen molar-refractivity contribution in [1.29, 1.82) is 0 Å². The highest BCUT2D eigenvalue weighted by Gasteiger charge is 2.25.